The SMILES string of the molecule is O=CC(c1ccccc1F)C1CCC1. The third-order valence-corrected chi connectivity index (χ3v) is 3.07. The molecular formula is C12H13FO. The van der Waals surface area contributed by atoms with Gasteiger partial charge in [-0.1, -0.05) is 24.6 Å². The van der Waals surface area contributed by atoms with Gasteiger partial charge in [0.15, 0.2) is 0 Å². The standard InChI is InChI=1S/C12H13FO/c13-12-7-2-1-6-10(12)11(8-14)9-4-3-5-9/h1-2,6-9,11H,3-5H2. The molecule has 1 atom stereocenters. The zero-order chi connectivity index (χ0) is 9.97. The van der Waals surface area contributed by atoms with Crippen LogP contribution < -0.4 is 0 Å². The van der Waals surface area contributed by atoms with Crippen molar-refractivity contribution in [2.24, 2.45) is 5.92 Å². The predicted molar refractivity (Wildman–Crippen MR) is 52.5 cm³/mol. The normalized spacial score (nSPS) is 18.6. The third kappa shape index (κ3) is 1.57. The number of hydrogen-bond acceptors (Lipinski definition) is 1. The van der Waals surface area contributed by atoms with Gasteiger partial charge in [-0.05, 0) is 30.4 Å². The second-order valence-electron chi connectivity index (χ2n) is 3.87. The first-order valence-corrected chi connectivity index (χ1v) is 5.02. The number of hydrogen-bond donors (Lipinski definition) is 0. The van der Waals surface area contributed by atoms with Crippen LogP contribution in [0.5, 0.6) is 0 Å². The minimum absolute atomic E-state index is 0.232. The summed E-state index contributed by atoms with van der Waals surface area (Å²) in [5.74, 6) is -0.120. The summed E-state index contributed by atoms with van der Waals surface area (Å²) < 4.78 is 13.4. The first kappa shape index (κ1) is 9.38. The number of rotatable bonds is 3. The van der Waals surface area contributed by atoms with E-state index in [4.69, 9.17) is 0 Å². The summed E-state index contributed by atoms with van der Waals surface area (Å²) >= 11 is 0. The van der Waals surface area contributed by atoms with Crippen LogP contribution in [0.4, 0.5) is 4.39 Å². The number of benzene rings is 1. The van der Waals surface area contributed by atoms with Crippen LogP contribution in [-0.2, 0) is 4.79 Å². The predicted octanol–water partition coefficient (Wildman–Crippen LogP) is 2.91. The van der Waals surface area contributed by atoms with Crippen molar-refractivity contribution in [3.05, 3.63) is 35.6 Å². The highest BCUT2D eigenvalue weighted by Gasteiger charge is 2.29. The van der Waals surface area contributed by atoms with Gasteiger partial charge in [-0.25, -0.2) is 4.39 Å². The molecule has 74 valence electrons. The van der Waals surface area contributed by atoms with Crippen LogP contribution in [0.15, 0.2) is 24.3 Å². The molecule has 1 fully saturated rings. The van der Waals surface area contributed by atoms with Crippen molar-refractivity contribution < 1.29 is 9.18 Å². The Kier molecular flexibility index (Phi) is 2.62. The minimum atomic E-state index is -0.253. The van der Waals surface area contributed by atoms with Gasteiger partial charge in [-0.2, -0.15) is 0 Å². The lowest BCUT2D eigenvalue weighted by Crippen LogP contribution is -2.22. The minimum Gasteiger partial charge on any atom is -0.303 e. The molecule has 2 rings (SSSR count). The Balaban J connectivity index is 2.26. The fourth-order valence-corrected chi connectivity index (χ4v) is 1.98. The molecular weight excluding hydrogens is 179 g/mol. The van der Waals surface area contributed by atoms with Crippen LogP contribution in [0, 0.1) is 11.7 Å². The van der Waals surface area contributed by atoms with E-state index in [-0.39, 0.29) is 11.7 Å². The molecule has 0 aliphatic heterocycles. The molecule has 0 N–H and O–H groups in total. The Hall–Kier alpha value is -1.18. The molecule has 14 heavy (non-hydrogen) atoms. The molecule has 1 nitrogen and oxygen atoms in total. The summed E-state index contributed by atoms with van der Waals surface area (Å²) in [6.07, 6.45) is 4.17. The van der Waals surface area contributed by atoms with Crippen molar-refractivity contribution in [1.82, 2.24) is 0 Å². The second kappa shape index (κ2) is 3.91. The highest BCUT2D eigenvalue weighted by atomic mass is 19.1. The van der Waals surface area contributed by atoms with Gasteiger partial charge in [0.05, 0.1) is 0 Å². The zero-order valence-corrected chi connectivity index (χ0v) is 7.95. The number of carbonyl (C=O) groups is 1. The Morgan fingerprint density at radius 2 is 2.07 bits per heavy atom. The van der Waals surface area contributed by atoms with Gasteiger partial charge in [-0.15, -0.1) is 0 Å². The van der Waals surface area contributed by atoms with E-state index in [0.29, 0.717) is 11.5 Å². The van der Waals surface area contributed by atoms with Gasteiger partial charge in [0, 0.05) is 5.92 Å². The van der Waals surface area contributed by atoms with Crippen molar-refractivity contribution in [2.75, 3.05) is 0 Å². The molecule has 1 aromatic carbocycles. The summed E-state index contributed by atoms with van der Waals surface area (Å²) in [6.45, 7) is 0. The Bertz CT molecular complexity index is 331. The molecule has 0 heterocycles. The maximum atomic E-state index is 13.4. The van der Waals surface area contributed by atoms with Crippen molar-refractivity contribution in [2.45, 2.75) is 25.2 Å². The summed E-state index contributed by atoms with van der Waals surface area (Å²) in [7, 11) is 0. The lowest BCUT2D eigenvalue weighted by molar-refractivity contribution is -0.110. The van der Waals surface area contributed by atoms with E-state index in [0.717, 1.165) is 19.1 Å². The molecule has 1 aromatic rings. The van der Waals surface area contributed by atoms with Gasteiger partial charge in [0.25, 0.3) is 0 Å². The van der Waals surface area contributed by atoms with E-state index in [1.165, 1.54) is 12.5 Å². The molecule has 0 saturated heterocycles. The van der Waals surface area contributed by atoms with E-state index in [9.17, 15) is 9.18 Å². The number of aldehydes is 1. The summed E-state index contributed by atoms with van der Waals surface area (Å²) in [5, 5.41) is 0. The molecule has 0 amide bonds. The van der Waals surface area contributed by atoms with Gasteiger partial charge in [0.2, 0.25) is 0 Å². The van der Waals surface area contributed by atoms with Gasteiger partial charge >= 0.3 is 0 Å². The molecule has 0 aromatic heterocycles. The molecule has 0 bridgehead atoms. The molecule has 0 spiro atoms. The Labute approximate surface area is 82.9 Å². The molecule has 0 radical (unpaired) electrons. The fraction of sp³-hybridized carbons (Fsp3) is 0.417. The quantitative estimate of drug-likeness (QED) is 0.673. The molecule has 2 heteroatoms. The zero-order valence-electron chi connectivity index (χ0n) is 7.95. The Morgan fingerprint density at radius 1 is 1.36 bits per heavy atom. The average Bonchev–Trinajstić information content (AvgIpc) is 2.12. The van der Waals surface area contributed by atoms with Crippen LogP contribution in [0.25, 0.3) is 0 Å². The maximum Gasteiger partial charge on any atom is 0.127 e. The first-order valence-electron chi connectivity index (χ1n) is 5.02. The fourth-order valence-electron chi connectivity index (χ4n) is 1.98. The van der Waals surface area contributed by atoms with Gasteiger partial charge in [-0.3, -0.25) is 0 Å². The highest BCUT2D eigenvalue weighted by molar-refractivity contribution is 5.63. The first-order chi connectivity index (χ1) is 6.83. The topological polar surface area (TPSA) is 17.1 Å². The third-order valence-electron chi connectivity index (χ3n) is 3.07. The van der Waals surface area contributed by atoms with Crippen LogP contribution in [-0.4, -0.2) is 6.29 Å². The summed E-state index contributed by atoms with van der Waals surface area (Å²) in [5.41, 5.74) is 0.562. The van der Waals surface area contributed by atoms with Crippen molar-refractivity contribution >= 4 is 6.29 Å². The van der Waals surface area contributed by atoms with Crippen LogP contribution in [0.3, 0.4) is 0 Å². The number of halogens is 1. The molecule has 1 saturated carbocycles. The van der Waals surface area contributed by atoms with Crippen LogP contribution >= 0.6 is 0 Å². The monoisotopic (exact) mass is 192 g/mol. The van der Waals surface area contributed by atoms with Crippen LogP contribution in [0.2, 0.25) is 0 Å². The molecule has 1 aliphatic rings. The Morgan fingerprint density at radius 3 is 2.57 bits per heavy atom. The van der Waals surface area contributed by atoms with E-state index < -0.39 is 0 Å². The maximum absolute atomic E-state index is 13.4. The van der Waals surface area contributed by atoms with Crippen molar-refractivity contribution in [3.63, 3.8) is 0 Å². The van der Waals surface area contributed by atoms with E-state index >= 15 is 0 Å². The lowest BCUT2D eigenvalue weighted by Gasteiger charge is -2.30. The summed E-state index contributed by atoms with van der Waals surface area (Å²) in [4.78, 5) is 10.9. The molecule has 1 aliphatic carbocycles. The van der Waals surface area contributed by atoms with E-state index in [1.807, 2.05) is 0 Å². The van der Waals surface area contributed by atoms with Crippen molar-refractivity contribution in [3.8, 4) is 0 Å². The smallest absolute Gasteiger partial charge is 0.127 e. The summed E-state index contributed by atoms with van der Waals surface area (Å²) in [6, 6.07) is 6.58. The van der Waals surface area contributed by atoms with Gasteiger partial charge < -0.3 is 4.79 Å². The average molecular weight is 192 g/mol. The lowest BCUT2D eigenvalue weighted by atomic mass is 9.73. The van der Waals surface area contributed by atoms with Crippen molar-refractivity contribution in [1.29, 1.82) is 0 Å². The van der Waals surface area contributed by atoms with Crippen LogP contribution in [0.1, 0.15) is 30.7 Å². The number of carbonyl (C=O) groups excluding carboxylic acids is 1. The van der Waals surface area contributed by atoms with Gasteiger partial charge in [0.1, 0.15) is 12.1 Å². The van der Waals surface area contributed by atoms with E-state index in [2.05, 4.69) is 0 Å². The highest BCUT2D eigenvalue weighted by Crippen LogP contribution is 2.38. The second-order valence-corrected chi connectivity index (χ2v) is 3.87. The molecule has 1 unspecified atom stereocenters. The van der Waals surface area contributed by atoms with E-state index in [1.54, 1.807) is 18.2 Å². The largest absolute Gasteiger partial charge is 0.303 e.